The smallest absolute Gasteiger partial charge is 0.338 e. The number of aromatic hydroxyl groups is 1. The minimum Gasteiger partial charge on any atom is -0.508 e. The molecule has 3 rings (SSSR count). The molecule has 21 heavy (non-hydrogen) atoms. The second-order valence-electron chi connectivity index (χ2n) is 4.57. The summed E-state index contributed by atoms with van der Waals surface area (Å²) in [6.07, 6.45) is 0. The highest BCUT2D eigenvalue weighted by molar-refractivity contribution is 5.96. The zero-order chi connectivity index (χ0) is 15.0. The third kappa shape index (κ3) is 2.27. The molecule has 106 valence electrons. The number of phenolic OH excluding ortho intramolecular Hbond substituents is 1. The standard InChI is InChI=1S/C15H12N2O4/c1-21-14(19)9-5-8(6-10(18)7-9)11-3-2-4-12-13(11)17-15(20)16-12/h2-7,18H,1H3,(H2,16,17,20). The van der Waals surface area contributed by atoms with Gasteiger partial charge in [0.25, 0.3) is 0 Å². The minimum absolute atomic E-state index is 0.0530. The molecule has 0 aliphatic heterocycles. The number of esters is 1. The van der Waals surface area contributed by atoms with E-state index in [1.54, 1.807) is 24.3 Å². The molecule has 3 aromatic rings. The molecule has 1 heterocycles. The van der Waals surface area contributed by atoms with Crippen LogP contribution in [0.2, 0.25) is 0 Å². The van der Waals surface area contributed by atoms with Crippen LogP contribution in [0, 0.1) is 0 Å². The van der Waals surface area contributed by atoms with Gasteiger partial charge in [-0.3, -0.25) is 0 Å². The molecule has 0 amide bonds. The van der Waals surface area contributed by atoms with Gasteiger partial charge in [0.1, 0.15) is 5.75 Å². The van der Waals surface area contributed by atoms with E-state index in [2.05, 4.69) is 14.7 Å². The lowest BCUT2D eigenvalue weighted by molar-refractivity contribution is 0.0600. The molecule has 3 N–H and O–H groups in total. The Morgan fingerprint density at radius 1 is 1.19 bits per heavy atom. The van der Waals surface area contributed by atoms with Crippen molar-refractivity contribution in [1.82, 2.24) is 9.97 Å². The fourth-order valence-corrected chi connectivity index (χ4v) is 2.30. The number of hydrogen-bond acceptors (Lipinski definition) is 4. The lowest BCUT2D eigenvalue weighted by atomic mass is 10.0. The van der Waals surface area contributed by atoms with Crippen molar-refractivity contribution in [1.29, 1.82) is 0 Å². The highest BCUT2D eigenvalue weighted by Gasteiger charge is 2.12. The first-order chi connectivity index (χ1) is 10.1. The zero-order valence-electron chi connectivity index (χ0n) is 11.1. The number of H-pyrrole nitrogens is 2. The average Bonchev–Trinajstić information content (AvgIpc) is 2.85. The Morgan fingerprint density at radius 2 is 2.00 bits per heavy atom. The molecule has 0 bridgehead atoms. The lowest BCUT2D eigenvalue weighted by Crippen LogP contribution is -2.01. The summed E-state index contributed by atoms with van der Waals surface area (Å²) in [6.45, 7) is 0. The molecule has 0 saturated heterocycles. The van der Waals surface area contributed by atoms with Gasteiger partial charge < -0.3 is 19.8 Å². The maximum absolute atomic E-state index is 11.6. The van der Waals surface area contributed by atoms with Crippen LogP contribution in [0.4, 0.5) is 0 Å². The summed E-state index contributed by atoms with van der Waals surface area (Å²) in [5, 5.41) is 9.79. The molecule has 0 aliphatic carbocycles. The van der Waals surface area contributed by atoms with Crippen molar-refractivity contribution in [2.75, 3.05) is 7.11 Å². The predicted octanol–water partition coefficient (Wildman–Crippen LogP) is 2.02. The largest absolute Gasteiger partial charge is 0.508 e. The van der Waals surface area contributed by atoms with Crippen LogP contribution < -0.4 is 5.69 Å². The Hall–Kier alpha value is -3.02. The van der Waals surface area contributed by atoms with Gasteiger partial charge in [-0.2, -0.15) is 0 Å². The number of nitrogens with one attached hydrogen (secondary N) is 2. The third-order valence-corrected chi connectivity index (χ3v) is 3.20. The Morgan fingerprint density at radius 3 is 2.76 bits per heavy atom. The van der Waals surface area contributed by atoms with Crippen molar-refractivity contribution in [2.24, 2.45) is 0 Å². The van der Waals surface area contributed by atoms with Crippen LogP contribution in [0.5, 0.6) is 5.75 Å². The average molecular weight is 284 g/mol. The number of hydrogen-bond donors (Lipinski definition) is 3. The summed E-state index contributed by atoms with van der Waals surface area (Å²) < 4.78 is 4.66. The van der Waals surface area contributed by atoms with Crippen LogP contribution in [0.15, 0.2) is 41.2 Å². The summed E-state index contributed by atoms with van der Waals surface area (Å²) in [5.41, 5.74) is 2.50. The van der Waals surface area contributed by atoms with E-state index in [0.717, 1.165) is 0 Å². The van der Waals surface area contributed by atoms with E-state index in [4.69, 9.17) is 0 Å². The number of methoxy groups -OCH3 is 1. The van der Waals surface area contributed by atoms with Gasteiger partial charge in [0, 0.05) is 5.56 Å². The maximum atomic E-state index is 11.6. The van der Waals surface area contributed by atoms with Crippen molar-refractivity contribution in [3.8, 4) is 16.9 Å². The number of aromatic amines is 2. The monoisotopic (exact) mass is 284 g/mol. The normalized spacial score (nSPS) is 10.7. The van der Waals surface area contributed by atoms with E-state index in [-0.39, 0.29) is 17.0 Å². The van der Waals surface area contributed by atoms with Crippen molar-refractivity contribution < 1.29 is 14.6 Å². The van der Waals surface area contributed by atoms with Gasteiger partial charge in [-0.15, -0.1) is 0 Å². The van der Waals surface area contributed by atoms with Crippen LogP contribution in [-0.4, -0.2) is 28.2 Å². The zero-order valence-corrected chi connectivity index (χ0v) is 11.1. The second kappa shape index (κ2) is 4.82. The predicted molar refractivity (Wildman–Crippen MR) is 77.4 cm³/mol. The maximum Gasteiger partial charge on any atom is 0.338 e. The minimum atomic E-state index is -0.540. The van der Waals surface area contributed by atoms with Gasteiger partial charge in [0.2, 0.25) is 0 Å². The molecular weight excluding hydrogens is 272 g/mol. The Balaban J connectivity index is 2.25. The van der Waals surface area contributed by atoms with Crippen LogP contribution >= 0.6 is 0 Å². The first-order valence-electron chi connectivity index (χ1n) is 6.22. The van der Waals surface area contributed by atoms with Crippen molar-refractivity contribution in [3.63, 3.8) is 0 Å². The molecule has 0 saturated carbocycles. The Labute approximate surface area is 119 Å². The van der Waals surface area contributed by atoms with E-state index in [1.165, 1.54) is 19.2 Å². The fraction of sp³-hybridized carbons (Fsp3) is 0.0667. The highest BCUT2D eigenvalue weighted by Crippen LogP contribution is 2.29. The molecule has 0 unspecified atom stereocenters. The number of rotatable bonds is 2. The number of imidazole rings is 1. The summed E-state index contributed by atoms with van der Waals surface area (Å²) in [7, 11) is 1.27. The van der Waals surface area contributed by atoms with E-state index in [0.29, 0.717) is 22.2 Å². The first-order valence-corrected chi connectivity index (χ1v) is 6.22. The first kappa shape index (κ1) is 13.0. The van der Waals surface area contributed by atoms with E-state index < -0.39 is 5.97 Å². The molecule has 0 aliphatic rings. The lowest BCUT2D eigenvalue weighted by Gasteiger charge is -2.07. The molecule has 0 radical (unpaired) electrons. The van der Waals surface area contributed by atoms with Gasteiger partial charge in [0.05, 0.1) is 23.7 Å². The summed E-state index contributed by atoms with van der Waals surface area (Å²) >= 11 is 0. The SMILES string of the molecule is COC(=O)c1cc(O)cc(-c2cccc3[nH]c(=O)[nH]c23)c1. The second-order valence-corrected chi connectivity index (χ2v) is 4.57. The van der Waals surface area contributed by atoms with Gasteiger partial charge in [0.15, 0.2) is 0 Å². The fourth-order valence-electron chi connectivity index (χ4n) is 2.30. The van der Waals surface area contributed by atoms with Gasteiger partial charge >= 0.3 is 11.7 Å². The highest BCUT2D eigenvalue weighted by atomic mass is 16.5. The summed E-state index contributed by atoms with van der Waals surface area (Å²) in [4.78, 5) is 28.4. The third-order valence-electron chi connectivity index (χ3n) is 3.20. The molecule has 2 aromatic carbocycles. The Bertz CT molecular complexity index is 892. The van der Waals surface area contributed by atoms with Gasteiger partial charge in [-0.05, 0) is 29.8 Å². The number of fused-ring (bicyclic) bond motifs is 1. The van der Waals surface area contributed by atoms with E-state index in [9.17, 15) is 14.7 Å². The number of phenols is 1. The number of benzene rings is 2. The van der Waals surface area contributed by atoms with Gasteiger partial charge in [-0.25, -0.2) is 9.59 Å². The van der Waals surface area contributed by atoms with Crippen molar-refractivity contribution in [3.05, 3.63) is 52.4 Å². The molecule has 1 aromatic heterocycles. The molecular formula is C15H12N2O4. The quantitative estimate of drug-likeness (QED) is 0.627. The summed E-state index contributed by atoms with van der Waals surface area (Å²) in [6, 6.07) is 9.79. The number of carbonyl (C=O) groups excluding carboxylic acids is 1. The number of aromatic nitrogens is 2. The van der Waals surface area contributed by atoms with E-state index >= 15 is 0 Å². The number of carbonyl (C=O) groups is 1. The van der Waals surface area contributed by atoms with Crippen molar-refractivity contribution in [2.45, 2.75) is 0 Å². The molecule has 0 atom stereocenters. The molecule has 6 nitrogen and oxygen atoms in total. The van der Waals surface area contributed by atoms with E-state index in [1.807, 2.05) is 0 Å². The number of para-hydroxylation sites is 1. The number of ether oxygens (including phenoxy) is 1. The van der Waals surface area contributed by atoms with Crippen LogP contribution in [0.3, 0.4) is 0 Å². The molecule has 6 heteroatoms. The van der Waals surface area contributed by atoms with Gasteiger partial charge in [-0.1, -0.05) is 12.1 Å². The van der Waals surface area contributed by atoms with Crippen molar-refractivity contribution >= 4 is 17.0 Å². The summed E-state index contributed by atoms with van der Waals surface area (Å²) in [5.74, 6) is -0.593. The Kier molecular flexibility index (Phi) is 2.98. The topological polar surface area (TPSA) is 95.2 Å². The molecule has 0 spiro atoms. The van der Waals surface area contributed by atoms with Crippen LogP contribution in [0.1, 0.15) is 10.4 Å². The van der Waals surface area contributed by atoms with Crippen LogP contribution in [-0.2, 0) is 4.74 Å². The van der Waals surface area contributed by atoms with Crippen LogP contribution in [0.25, 0.3) is 22.2 Å². The molecule has 0 fully saturated rings.